The van der Waals surface area contributed by atoms with Gasteiger partial charge in [-0.05, 0) is 50.1 Å². The van der Waals surface area contributed by atoms with Crippen LogP contribution in [0.25, 0.3) is 10.9 Å². The van der Waals surface area contributed by atoms with Crippen LogP contribution >= 0.6 is 0 Å². The van der Waals surface area contributed by atoms with Gasteiger partial charge in [-0.25, -0.2) is 4.39 Å². The van der Waals surface area contributed by atoms with Crippen LogP contribution in [0, 0.1) is 19.7 Å². The van der Waals surface area contributed by atoms with E-state index in [9.17, 15) is 4.39 Å². The van der Waals surface area contributed by atoms with Crippen LogP contribution in [-0.2, 0) is 13.0 Å². The third-order valence-corrected chi connectivity index (χ3v) is 4.23. The van der Waals surface area contributed by atoms with Crippen molar-refractivity contribution in [1.29, 1.82) is 0 Å². The average Bonchev–Trinajstić information content (AvgIpc) is 3.12. The Balaban J connectivity index is 1.53. The Morgan fingerprint density at radius 2 is 2.04 bits per heavy atom. The third-order valence-electron chi connectivity index (χ3n) is 4.23. The second-order valence-electron chi connectivity index (χ2n) is 6.04. The molecule has 6 heteroatoms. The molecule has 3 N–H and O–H groups in total. The van der Waals surface area contributed by atoms with E-state index < -0.39 is 0 Å². The minimum Gasteiger partial charge on any atom is -0.466 e. The molecule has 2 heterocycles. The Kier molecular flexibility index (Phi) is 5.07. The van der Waals surface area contributed by atoms with Crippen LogP contribution in [0.4, 0.5) is 4.39 Å². The largest absolute Gasteiger partial charge is 0.466 e. The highest BCUT2D eigenvalue weighted by Gasteiger charge is 2.07. The Labute approximate surface area is 146 Å². The van der Waals surface area contributed by atoms with Crippen LogP contribution in [0.5, 0.6) is 0 Å². The minimum absolute atomic E-state index is 0.228. The number of rotatable bonds is 5. The Hall–Kier alpha value is -2.76. The number of aliphatic imine (C=N–C) groups is 1. The number of halogens is 1. The molecule has 0 aliphatic heterocycles. The molecule has 0 bridgehead atoms. The lowest BCUT2D eigenvalue weighted by atomic mass is 10.1. The summed E-state index contributed by atoms with van der Waals surface area (Å²) in [4.78, 5) is 7.35. The predicted octanol–water partition coefficient (Wildman–Crippen LogP) is 3.42. The normalized spacial score (nSPS) is 11.9. The van der Waals surface area contributed by atoms with E-state index in [0.29, 0.717) is 6.54 Å². The summed E-state index contributed by atoms with van der Waals surface area (Å²) in [6.07, 6.45) is 2.75. The molecule has 0 atom stereocenters. The number of guanidine groups is 1. The van der Waals surface area contributed by atoms with E-state index in [1.54, 1.807) is 7.05 Å². The summed E-state index contributed by atoms with van der Waals surface area (Å²) >= 11 is 0. The molecule has 0 aliphatic carbocycles. The highest BCUT2D eigenvalue weighted by Crippen LogP contribution is 2.19. The number of H-pyrrole nitrogens is 1. The highest BCUT2D eigenvalue weighted by atomic mass is 19.1. The standard InChI is InChI=1S/C19H23FN4O/c1-12-8-15(13(2)25-12)11-24-19(21-3)22-7-6-14-10-23-18-9-16(20)4-5-17(14)18/h4-5,8-10,23H,6-7,11H2,1-3H3,(H2,21,22,24). The number of aromatic amines is 1. The molecule has 0 spiro atoms. The fraction of sp³-hybridized carbons (Fsp3) is 0.316. The Bertz CT molecular complexity index is 894. The molecule has 3 rings (SSSR count). The van der Waals surface area contributed by atoms with Crippen LogP contribution in [0.3, 0.4) is 0 Å². The van der Waals surface area contributed by atoms with Gasteiger partial charge in [0.2, 0.25) is 0 Å². The van der Waals surface area contributed by atoms with Crippen LogP contribution < -0.4 is 10.6 Å². The highest BCUT2D eigenvalue weighted by molar-refractivity contribution is 5.83. The minimum atomic E-state index is -0.228. The first-order valence-electron chi connectivity index (χ1n) is 8.32. The van der Waals surface area contributed by atoms with Gasteiger partial charge in [0.05, 0.1) is 0 Å². The van der Waals surface area contributed by atoms with E-state index in [0.717, 1.165) is 52.5 Å². The molecule has 0 saturated heterocycles. The van der Waals surface area contributed by atoms with E-state index in [2.05, 4.69) is 20.6 Å². The number of fused-ring (bicyclic) bond motifs is 1. The molecule has 132 valence electrons. The topological polar surface area (TPSA) is 65.3 Å². The first kappa shape index (κ1) is 17.1. The van der Waals surface area contributed by atoms with Crippen LogP contribution in [-0.4, -0.2) is 24.5 Å². The lowest BCUT2D eigenvalue weighted by molar-refractivity contribution is 0.500. The zero-order valence-electron chi connectivity index (χ0n) is 14.7. The zero-order valence-corrected chi connectivity index (χ0v) is 14.7. The SMILES string of the molecule is CN=C(NCCc1c[nH]c2cc(F)ccc12)NCc1cc(C)oc1C. The van der Waals surface area contributed by atoms with Gasteiger partial charge in [0, 0.05) is 42.8 Å². The van der Waals surface area contributed by atoms with Crippen molar-refractivity contribution in [3.63, 3.8) is 0 Å². The smallest absolute Gasteiger partial charge is 0.191 e. The van der Waals surface area contributed by atoms with Gasteiger partial charge in [-0.3, -0.25) is 4.99 Å². The summed E-state index contributed by atoms with van der Waals surface area (Å²) in [5.74, 6) is 2.34. The Morgan fingerprint density at radius 1 is 1.20 bits per heavy atom. The summed E-state index contributed by atoms with van der Waals surface area (Å²) in [5.41, 5.74) is 3.10. The van der Waals surface area contributed by atoms with Gasteiger partial charge < -0.3 is 20.0 Å². The molecule has 1 aromatic carbocycles. The summed E-state index contributed by atoms with van der Waals surface area (Å²) in [6.45, 7) is 5.29. The molecular formula is C19H23FN4O. The molecule has 5 nitrogen and oxygen atoms in total. The number of aromatic nitrogens is 1. The molecule has 25 heavy (non-hydrogen) atoms. The number of nitrogens with one attached hydrogen (secondary N) is 3. The lowest BCUT2D eigenvalue weighted by Crippen LogP contribution is -2.37. The maximum atomic E-state index is 13.2. The number of nitrogens with zero attached hydrogens (tertiary/aromatic N) is 1. The Morgan fingerprint density at radius 3 is 2.76 bits per heavy atom. The van der Waals surface area contributed by atoms with E-state index >= 15 is 0 Å². The van der Waals surface area contributed by atoms with E-state index in [-0.39, 0.29) is 5.82 Å². The van der Waals surface area contributed by atoms with Crippen molar-refractivity contribution in [3.05, 3.63) is 58.9 Å². The second-order valence-corrected chi connectivity index (χ2v) is 6.04. The van der Waals surface area contributed by atoms with Crippen LogP contribution in [0.15, 0.2) is 39.9 Å². The predicted molar refractivity (Wildman–Crippen MR) is 98.3 cm³/mol. The summed E-state index contributed by atoms with van der Waals surface area (Å²) in [5, 5.41) is 7.64. The zero-order chi connectivity index (χ0) is 17.8. The maximum Gasteiger partial charge on any atom is 0.191 e. The van der Waals surface area contributed by atoms with Gasteiger partial charge in [-0.15, -0.1) is 0 Å². The van der Waals surface area contributed by atoms with Gasteiger partial charge in [0.1, 0.15) is 17.3 Å². The quantitative estimate of drug-likeness (QED) is 0.492. The van der Waals surface area contributed by atoms with Gasteiger partial charge in [0.15, 0.2) is 5.96 Å². The van der Waals surface area contributed by atoms with Crippen molar-refractivity contribution in [3.8, 4) is 0 Å². The van der Waals surface area contributed by atoms with Crippen molar-refractivity contribution in [1.82, 2.24) is 15.6 Å². The van der Waals surface area contributed by atoms with Gasteiger partial charge in [-0.1, -0.05) is 0 Å². The lowest BCUT2D eigenvalue weighted by Gasteiger charge is -2.11. The monoisotopic (exact) mass is 342 g/mol. The summed E-state index contributed by atoms with van der Waals surface area (Å²) in [6, 6.07) is 6.85. The van der Waals surface area contributed by atoms with Crippen molar-refractivity contribution in [2.45, 2.75) is 26.8 Å². The van der Waals surface area contributed by atoms with Crippen LogP contribution in [0.1, 0.15) is 22.6 Å². The maximum absolute atomic E-state index is 13.2. The third kappa shape index (κ3) is 4.02. The molecule has 3 aromatic rings. The van der Waals surface area contributed by atoms with Gasteiger partial charge in [0.25, 0.3) is 0 Å². The molecular weight excluding hydrogens is 319 g/mol. The number of hydrogen-bond acceptors (Lipinski definition) is 2. The van der Waals surface area contributed by atoms with E-state index in [1.807, 2.05) is 32.2 Å². The summed E-state index contributed by atoms with van der Waals surface area (Å²) < 4.78 is 18.8. The second kappa shape index (κ2) is 7.42. The van der Waals surface area contributed by atoms with Gasteiger partial charge in [-0.2, -0.15) is 0 Å². The van der Waals surface area contributed by atoms with Gasteiger partial charge >= 0.3 is 0 Å². The van der Waals surface area contributed by atoms with Crippen LogP contribution in [0.2, 0.25) is 0 Å². The average molecular weight is 342 g/mol. The van der Waals surface area contributed by atoms with Crippen molar-refractivity contribution < 1.29 is 8.81 Å². The van der Waals surface area contributed by atoms with Crippen molar-refractivity contribution in [2.75, 3.05) is 13.6 Å². The molecule has 0 fully saturated rings. The van der Waals surface area contributed by atoms with E-state index in [4.69, 9.17) is 4.42 Å². The molecule has 0 saturated carbocycles. The number of furan rings is 1. The fourth-order valence-electron chi connectivity index (χ4n) is 2.94. The number of hydrogen-bond donors (Lipinski definition) is 3. The number of aryl methyl sites for hydroxylation is 2. The molecule has 2 aromatic heterocycles. The fourth-order valence-corrected chi connectivity index (χ4v) is 2.94. The first-order chi connectivity index (χ1) is 12.1. The molecule has 0 amide bonds. The molecule has 0 unspecified atom stereocenters. The van der Waals surface area contributed by atoms with Crippen molar-refractivity contribution in [2.24, 2.45) is 4.99 Å². The van der Waals surface area contributed by atoms with Crippen molar-refractivity contribution >= 4 is 16.9 Å². The summed E-state index contributed by atoms with van der Waals surface area (Å²) in [7, 11) is 1.75. The first-order valence-corrected chi connectivity index (χ1v) is 8.32. The molecule has 0 aliphatic rings. The molecule has 0 radical (unpaired) electrons. The number of benzene rings is 1. The van der Waals surface area contributed by atoms with E-state index in [1.165, 1.54) is 12.1 Å².